The van der Waals surface area contributed by atoms with Gasteiger partial charge in [-0.05, 0) is 24.7 Å². The molecule has 1 atom stereocenters. The second-order valence-electron chi connectivity index (χ2n) is 6.86. The number of carbonyl (C=O) groups excluding carboxylic acids is 2. The van der Waals surface area contributed by atoms with Crippen molar-refractivity contribution in [2.45, 2.75) is 72.6 Å². The van der Waals surface area contributed by atoms with Gasteiger partial charge in [0.1, 0.15) is 13.2 Å². The second kappa shape index (κ2) is 15.4. The van der Waals surface area contributed by atoms with E-state index in [-0.39, 0.29) is 13.2 Å². The van der Waals surface area contributed by atoms with Gasteiger partial charge < -0.3 is 14.2 Å². The van der Waals surface area contributed by atoms with Crippen LogP contribution in [0.5, 0.6) is 0 Å². The maximum atomic E-state index is 11.5. The van der Waals surface area contributed by atoms with E-state index in [0.29, 0.717) is 19.1 Å². The van der Waals surface area contributed by atoms with Gasteiger partial charge in [0.15, 0.2) is 0 Å². The maximum Gasteiger partial charge on any atom is 0.332 e. The van der Waals surface area contributed by atoms with Crippen molar-refractivity contribution < 1.29 is 23.8 Å². The predicted molar refractivity (Wildman–Crippen MR) is 94.7 cm³/mol. The number of carbonyl (C=O) groups is 2. The monoisotopic (exact) mass is 344 g/mol. The number of esters is 2. The Morgan fingerprint density at radius 3 is 2.00 bits per heavy atom. The molecular weight excluding hydrogens is 308 g/mol. The summed E-state index contributed by atoms with van der Waals surface area (Å²) in [5, 5.41) is 0. The lowest BCUT2D eigenvalue weighted by molar-refractivity contribution is -0.155. The van der Waals surface area contributed by atoms with E-state index in [1.165, 1.54) is 12.8 Å². The number of hydrogen-bond donors (Lipinski definition) is 0. The van der Waals surface area contributed by atoms with Crippen LogP contribution in [-0.2, 0) is 23.8 Å². The summed E-state index contributed by atoms with van der Waals surface area (Å²) in [7, 11) is 0. The van der Waals surface area contributed by atoms with E-state index in [9.17, 15) is 9.59 Å². The molecule has 0 heterocycles. The highest BCUT2D eigenvalue weighted by Crippen LogP contribution is 2.15. The molecule has 0 aromatic rings. The van der Waals surface area contributed by atoms with Crippen molar-refractivity contribution in [2.75, 3.05) is 26.4 Å². The molecule has 0 aromatic carbocycles. The van der Waals surface area contributed by atoms with Crippen LogP contribution in [0.3, 0.4) is 0 Å². The van der Waals surface area contributed by atoms with Crippen LogP contribution in [0.4, 0.5) is 0 Å². The fourth-order valence-corrected chi connectivity index (χ4v) is 2.23. The number of hydrogen-bond acceptors (Lipinski definition) is 5. The second-order valence-corrected chi connectivity index (χ2v) is 6.86. The minimum Gasteiger partial charge on any atom is -0.464 e. The summed E-state index contributed by atoms with van der Waals surface area (Å²) in [6, 6.07) is 0. The predicted octanol–water partition coefficient (Wildman–Crippen LogP) is 4.13. The summed E-state index contributed by atoms with van der Waals surface area (Å²) in [6.07, 6.45) is 7.47. The van der Waals surface area contributed by atoms with Crippen LogP contribution in [0.25, 0.3) is 0 Å². The average Bonchev–Trinajstić information content (AvgIpc) is 2.51. The summed E-state index contributed by atoms with van der Waals surface area (Å²) in [4.78, 5) is 22.8. The van der Waals surface area contributed by atoms with Gasteiger partial charge in [0.25, 0.3) is 0 Å². The van der Waals surface area contributed by atoms with Crippen LogP contribution in [0.15, 0.2) is 0 Å². The van der Waals surface area contributed by atoms with Crippen molar-refractivity contribution >= 4 is 11.9 Å². The van der Waals surface area contributed by atoms with Crippen molar-refractivity contribution in [3.05, 3.63) is 0 Å². The highest BCUT2D eigenvalue weighted by atomic mass is 16.6. The summed E-state index contributed by atoms with van der Waals surface area (Å²) < 4.78 is 15.1. The molecule has 0 aliphatic heterocycles. The molecule has 24 heavy (non-hydrogen) atoms. The number of ether oxygens (including phenoxy) is 3. The molecule has 0 aliphatic carbocycles. The number of unbranched alkanes of at least 4 members (excludes halogenated alkanes) is 2. The minimum absolute atomic E-state index is 0.202. The largest absolute Gasteiger partial charge is 0.464 e. The highest BCUT2D eigenvalue weighted by Gasteiger charge is 2.09. The van der Waals surface area contributed by atoms with Crippen molar-refractivity contribution in [2.24, 2.45) is 11.8 Å². The van der Waals surface area contributed by atoms with Gasteiger partial charge >= 0.3 is 11.9 Å². The fraction of sp³-hybridized carbons (Fsp3) is 0.895. The molecule has 0 fully saturated rings. The minimum atomic E-state index is -0.433. The van der Waals surface area contributed by atoms with E-state index in [2.05, 4.69) is 27.7 Å². The average molecular weight is 344 g/mol. The van der Waals surface area contributed by atoms with E-state index in [4.69, 9.17) is 14.2 Å². The van der Waals surface area contributed by atoms with Gasteiger partial charge in [0.05, 0.1) is 13.2 Å². The third-order valence-electron chi connectivity index (χ3n) is 3.80. The van der Waals surface area contributed by atoms with Gasteiger partial charge in [-0.15, -0.1) is 0 Å². The molecule has 0 saturated carbocycles. The maximum absolute atomic E-state index is 11.5. The highest BCUT2D eigenvalue weighted by molar-refractivity contribution is 5.73. The van der Waals surface area contributed by atoms with Gasteiger partial charge in [0.2, 0.25) is 0 Å². The van der Waals surface area contributed by atoms with Crippen molar-refractivity contribution in [3.63, 3.8) is 0 Å². The lowest BCUT2D eigenvalue weighted by Crippen LogP contribution is -2.19. The first-order valence-electron chi connectivity index (χ1n) is 9.34. The third-order valence-corrected chi connectivity index (χ3v) is 3.80. The first-order chi connectivity index (χ1) is 11.5. The standard InChI is InChI=1S/C19H36O5/c1-5-6-7-12-23-18(20)14-22-15-19(21)24-13-11-17(4)10-8-9-16(2)3/h16-17H,5-15H2,1-4H3. The Kier molecular flexibility index (Phi) is 14.7. The summed E-state index contributed by atoms with van der Waals surface area (Å²) in [5.74, 6) is 0.432. The van der Waals surface area contributed by atoms with E-state index < -0.39 is 11.9 Å². The quantitative estimate of drug-likeness (QED) is 0.330. The van der Waals surface area contributed by atoms with Crippen LogP contribution in [0.1, 0.15) is 72.6 Å². The van der Waals surface area contributed by atoms with E-state index in [1.54, 1.807) is 0 Å². The molecule has 142 valence electrons. The summed E-state index contributed by atoms with van der Waals surface area (Å²) in [6.45, 7) is 9.14. The molecule has 1 unspecified atom stereocenters. The van der Waals surface area contributed by atoms with E-state index >= 15 is 0 Å². The van der Waals surface area contributed by atoms with E-state index in [0.717, 1.165) is 38.0 Å². The molecule has 5 heteroatoms. The molecule has 5 nitrogen and oxygen atoms in total. The van der Waals surface area contributed by atoms with Crippen LogP contribution in [0, 0.1) is 11.8 Å². The van der Waals surface area contributed by atoms with Crippen LogP contribution < -0.4 is 0 Å². The first-order valence-corrected chi connectivity index (χ1v) is 9.34. The lowest BCUT2D eigenvalue weighted by atomic mass is 9.98. The summed E-state index contributed by atoms with van der Waals surface area (Å²) in [5.41, 5.74) is 0. The van der Waals surface area contributed by atoms with Crippen LogP contribution in [0.2, 0.25) is 0 Å². The molecule has 0 aromatic heterocycles. The Morgan fingerprint density at radius 2 is 1.42 bits per heavy atom. The van der Waals surface area contributed by atoms with Gasteiger partial charge in [-0.2, -0.15) is 0 Å². The molecule has 0 radical (unpaired) electrons. The Bertz CT molecular complexity index is 328. The molecule has 0 bridgehead atoms. The molecule has 0 amide bonds. The SMILES string of the molecule is CCCCCOC(=O)COCC(=O)OCCC(C)CCCC(C)C. The molecule has 0 N–H and O–H groups in total. The Balaban J connectivity index is 3.50. The molecule has 0 spiro atoms. The number of rotatable bonds is 15. The lowest BCUT2D eigenvalue weighted by Gasteiger charge is -2.12. The van der Waals surface area contributed by atoms with Gasteiger partial charge in [-0.1, -0.05) is 59.8 Å². The van der Waals surface area contributed by atoms with Gasteiger partial charge in [-0.3, -0.25) is 0 Å². The molecule has 0 saturated heterocycles. The smallest absolute Gasteiger partial charge is 0.332 e. The first kappa shape index (κ1) is 22.9. The van der Waals surface area contributed by atoms with E-state index in [1.807, 2.05) is 0 Å². The van der Waals surface area contributed by atoms with Crippen LogP contribution in [-0.4, -0.2) is 38.4 Å². The molecule has 0 rings (SSSR count). The normalized spacial score (nSPS) is 12.2. The zero-order valence-electron chi connectivity index (χ0n) is 16.0. The Hall–Kier alpha value is -1.10. The zero-order valence-corrected chi connectivity index (χ0v) is 16.0. The zero-order chi connectivity index (χ0) is 18.2. The van der Waals surface area contributed by atoms with Crippen molar-refractivity contribution in [1.82, 2.24) is 0 Å². The van der Waals surface area contributed by atoms with Gasteiger partial charge in [0, 0.05) is 0 Å². The van der Waals surface area contributed by atoms with Crippen molar-refractivity contribution in [1.29, 1.82) is 0 Å². The molecule has 0 aliphatic rings. The summed E-state index contributed by atoms with van der Waals surface area (Å²) >= 11 is 0. The van der Waals surface area contributed by atoms with Crippen LogP contribution >= 0.6 is 0 Å². The topological polar surface area (TPSA) is 61.8 Å². The molecular formula is C19H36O5. The van der Waals surface area contributed by atoms with Gasteiger partial charge in [-0.25, -0.2) is 9.59 Å². The third kappa shape index (κ3) is 15.8. The Morgan fingerprint density at radius 1 is 0.792 bits per heavy atom. The van der Waals surface area contributed by atoms with Crippen molar-refractivity contribution in [3.8, 4) is 0 Å². The fourth-order valence-electron chi connectivity index (χ4n) is 2.23. The Labute approximate surface area is 147 Å².